The molecule has 0 saturated heterocycles. The summed E-state index contributed by atoms with van der Waals surface area (Å²) in [5.74, 6) is -1.92. The summed E-state index contributed by atoms with van der Waals surface area (Å²) >= 11 is 5.59. The summed E-state index contributed by atoms with van der Waals surface area (Å²) in [6.45, 7) is 1.15. The van der Waals surface area contributed by atoms with Gasteiger partial charge in [0, 0.05) is 11.4 Å². The van der Waals surface area contributed by atoms with E-state index in [1.807, 2.05) is 0 Å². The summed E-state index contributed by atoms with van der Waals surface area (Å²) in [7, 11) is 0. The molecule has 0 bridgehead atoms. The summed E-state index contributed by atoms with van der Waals surface area (Å²) in [5, 5.41) is 18.3. The Labute approximate surface area is 91.1 Å². The van der Waals surface area contributed by atoms with Crippen LogP contribution in [-0.2, 0) is 11.2 Å². The molecule has 5 heteroatoms. The quantitative estimate of drug-likeness (QED) is 0.836. The van der Waals surface area contributed by atoms with Gasteiger partial charge in [-0.3, -0.25) is 0 Å². The van der Waals surface area contributed by atoms with Gasteiger partial charge in [-0.05, 0) is 30.7 Å². The van der Waals surface area contributed by atoms with E-state index >= 15 is 0 Å². The lowest BCUT2D eigenvalue weighted by molar-refractivity contribution is -0.156. The van der Waals surface area contributed by atoms with Crippen molar-refractivity contribution in [2.24, 2.45) is 0 Å². The van der Waals surface area contributed by atoms with Gasteiger partial charge in [0.25, 0.3) is 0 Å². The number of benzene rings is 1. The van der Waals surface area contributed by atoms with Crippen LogP contribution < -0.4 is 0 Å². The molecule has 1 unspecified atom stereocenters. The lowest BCUT2D eigenvalue weighted by Gasteiger charge is -2.17. The minimum absolute atomic E-state index is 0.172. The van der Waals surface area contributed by atoms with Crippen LogP contribution in [0.2, 0.25) is 5.02 Å². The van der Waals surface area contributed by atoms with Crippen LogP contribution in [0.15, 0.2) is 18.2 Å². The van der Waals surface area contributed by atoms with Crippen LogP contribution in [0.1, 0.15) is 12.5 Å². The lowest BCUT2D eigenvalue weighted by Crippen LogP contribution is -2.37. The molecule has 0 aliphatic heterocycles. The summed E-state index contributed by atoms with van der Waals surface area (Å²) in [4.78, 5) is 10.6. The van der Waals surface area contributed by atoms with Gasteiger partial charge in [0.15, 0.2) is 5.60 Å². The Hall–Kier alpha value is -1.13. The van der Waals surface area contributed by atoms with Crippen LogP contribution in [0.25, 0.3) is 0 Å². The summed E-state index contributed by atoms with van der Waals surface area (Å²) < 4.78 is 12.9. The molecule has 0 fully saturated rings. The van der Waals surface area contributed by atoms with Crippen molar-refractivity contribution in [1.82, 2.24) is 0 Å². The third-order valence-corrected chi connectivity index (χ3v) is 2.15. The number of rotatable bonds is 3. The second-order valence-corrected chi connectivity index (χ2v) is 3.97. The zero-order valence-electron chi connectivity index (χ0n) is 8.00. The SMILES string of the molecule is CC(O)(Cc1cc(F)cc(Cl)c1)C(=O)O. The molecule has 0 amide bonds. The zero-order valence-corrected chi connectivity index (χ0v) is 8.75. The Balaban J connectivity index is 2.94. The molecule has 0 heterocycles. The molecule has 1 atom stereocenters. The van der Waals surface area contributed by atoms with Gasteiger partial charge < -0.3 is 10.2 Å². The van der Waals surface area contributed by atoms with E-state index in [0.29, 0.717) is 5.56 Å². The van der Waals surface area contributed by atoms with Crippen molar-refractivity contribution < 1.29 is 19.4 Å². The smallest absolute Gasteiger partial charge is 0.335 e. The Morgan fingerprint density at radius 3 is 2.60 bits per heavy atom. The Kier molecular flexibility index (Phi) is 3.31. The summed E-state index contributed by atoms with van der Waals surface area (Å²) in [5.41, 5.74) is -1.58. The topological polar surface area (TPSA) is 57.5 Å². The second-order valence-electron chi connectivity index (χ2n) is 3.53. The largest absolute Gasteiger partial charge is 0.479 e. The number of halogens is 2. The van der Waals surface area contributed by atoms with Gasteiger partial charge in [0.2, 0.25) is 0 Å². The van der Waals surface area contributed by atoms with E-state index < -0.39 is 17.4 Å². The van der Waals surface area contributed by atoms with E-state index in [1.54, 1.807) is 0 Å². The average molecular weight is 233 g/mol. The normalized spacial score (nSPS) is 14.7. The monoisotopic (exact) mass is 232 g/mol. The summed E-state index contributed by atoms with van der Waals surface area (Å²) in [6, 6.07) is 3.67. The van der Waals surface area contributed by atoms with E-state index in [2.05, 4.69) is 0 Å². The van der Waals surface area contributed by atoms with E-state index in [-0.39, 0.29) is 11.4 Å². The second kappa shape index (κ2) is 4.16. The predicted molar refractivity (Wildman–Crippen MR) is 53.4 cm³/mol. The molecule has 0 aromatic heterocycles. The highest BCUT2D eigenvalue weighted by Gasteiger charge is 2.30. The number of carbonyl (C=O) groups is 1. The first-order chi connectivity index (χ1) is 6.81. The fourth-order valence-corrected chi connectivity index (χ4v) is 1.43. The first-order valence-corrected chi connectivity index (χ1v) is 4.60. The third-order valence-electron chi connectivity index (χ3n) is 1.93. The molecule has 15 heavy (non-hydrogen) atoms. The molecular formula is C10H10ClFO3. The molecule has 1 rings (SSSR count). The van der Waals surface area contributed by atoms with E-state index in [9.17, 15) is 14.3 Å². The fraction of sp³-hybridized carbons (Fsp3) is 0.300. The Bertz CT molecular complexity index is 370. The standard InChI is InChI=1S/C10H10ClFO3/c1-10(15,9(13)14)5-6-2-7(11)4-8(12)3-6/h2-4,15H,5H2,1H3,(H,13,14). The van der Waals surface area contributed by atoms with Gasteiger partial charge in [0.05, 0.1) is 0 Å². The average Bonchev–Trinajstić information content (AvgIpc) is 1.99. The van der Waals surface area contributed by atoms with Crippen molar-refractivity contribution in [3.05, 3.63) is 34.6 Å². The highest BCUT2D eigenvalue weighted by Crippen LogP contribution is 2.19. The molecule has 1 aromatic rings. The van der Waals surface area contributed by atoms with Crippen LogP contribution in [0.3, 0.4) is 0 Å². The van der Waals surface area contributed by atoms with Gasteiger partial charge in [-0.25, -0.2) is 9.18 Å². The minimum atomic E-state index is -1.92. The molecule has 0 spiro atoms. The zero-order chi connectivity index (χ0) is 11.6. The van der Waals surface area contributed by atoms with Crippen molar-refractivity contribution >= 4 is 17.6 Å². The van der Waals surface area contributed by atoms with Crippen molar-refractivity contribution in [2.45, 2.75) is 18.9 Å². The van der Waals surface area contributed by atoms with Gasteiger partial charge in [-0.15, -0.1) is 0 Å². The number of aliphatic hydroxyl groups is 1. The molecule has 2 N–H and O–H groups in total. The van der Waals surface area contributed by atoms with E-state index in [0.717, 1.165) is 19.1 Å². The maximum absolute atomic E-state index is 12.9. The molecule has 82 valence electrons. The van der Waals surface area contributed by atoms with Crippen LogP contribution >= 0.6 is 11.6 Å². The van der Waals surface area contributed by atoms with Crippen molar-refractivity contribution in [3.8, 4) is 0 Å². The maximum atomic E-state index is 12.9. The number of carboxylic acid groups (broad SMARTS) is 1. The highest BCUT2D eigenvalue weighted by molar-refractivity contribution is 6.30. The van der Waals surface area contributed by atoms with Crippen LogP contribution in [0.5, 0.6) is 0 Å². The third kappa shape index (κ3) is 3.18. The van der Waals surface area contributed by atoms with E-state index in [1.165, 1.54) is 6.07 Å². The van der Waals surface area contributed by atoms with Gasteiger partial charge in [-0.1, -0.05) is 11.6 Å². The molecule has 3 nitrogen and oxygen atoms in total. The molecule has 0 aliphatic rings. The molecule has 0 radical (unpaired) electrons. The van der Waals surface area contributed by atoms with Gasteiger partial charge >= 0.3 is 5.97 Å². The highest BCUT2D eigenvalue weighted by atomic mass is 35.5. The Morgan fingerprint density at radius 2 is 2.13 bits per heavy atom. The van der Waals surface area contributed by atoms with Crippen LogP contribution in [0, 0.1) is 5.82 Å². The molecule has 0 aliphatic carbocycles. The lowest BCUT2D eigenvalue weighted by atomic mass is 9.97. The summed E-state index contributed by atoms with van der Waals surface area (Å²) in [6.07, 6.45) is -0.195. The Morgan fingerprint density at radius 1 is 1.53 bits per heavy atom. The molecule has 1 aromatic carbocycles. The van der Waals surface area contributed by atoms with Crippen molar-refractivity contribution in [2.75, 3.05) is 0 Å². The van der Waals surface area contributed by atoms with Crippen LogP contribution in [-0.4, -0.2) is 21.8 Å². The minimum Gasteiger partial charge on any atom is -0.479 e. The molecular weight excluding hydrogens is 223 g/mol. The van der Waals surface area contributed by atoms with E-state index in [4.69, 9.17) is 16.7 Å². The van der Waals surface area contributed by atoms with Crippen molar-refractivity contribution in [3.63, 3.8) is 0 Å². The maximum Gasteiger partial charge on any atom is 0.335 e. The molecule has 0 saturated carbocycles. The van der Waals surface area contributed by atoms with Crippen molar-refractivity contribution in [1.29, 1.82) is 0 Å². The number of hydrogen-bond donors (Lipinski definition) is 2. The number of aliphatic carboxylic acids is 1. The number of carboxylic acids is 1. The van der Waals surface area contributed by atoms with Gasteiger partial charge in [0.1, 0.15) is 5.82 Å². The fourth-order valence-electron chi connectivity index (χ4n) is 1.19. The first kappa shape index (κ1) is 11.9. The van der Waals surface area contributed by atoms with Gasteiger partial charge in [-0.2, -0.15) is 0 Å². The number of hydrogen-bond acceptors (Lipinski definition) is 2. The van der Waals surface area contributed by atoms with Crippen LogP contribution in [0.4, 0.5) is 4.39 Å². The predicted octanol–water partition coefficient (Wildman–Crippen LogP) is 1.86. The first-order valence-electron chi connectivity index (χ1n) is 4.22.